The minimum Gasteiger partial charge on any atom is -0.0988 e. The van der Waals surface area contributed by atoms with Crippen LogP contribution in [-0.2, 0) is 10.8 Å². The van der Waals surface area contributed by atoms with Crippen LogP contribution in [0.2, 0.25) is 0 Å². The van der Waals surface area contributed by atoms with Gasteiger partial charge in [-0.1, -0.05) is 131 Å². The maximum Gasteiger partial charge on any atom is 0.0146 e. The second-order valence-electron chi connectivity index (χ2n) is 7.52. The first-order chi connectivity index (χ1) is 12.6. The fraction of sp³-hybridized carbons (Fsp3) is 0.556. The molecule has 0 fully saturated rings. The van der Waals surface area contributed by atoms with Crippen molar-refractivity contribution in [3.05, 3.63) is 71.3 Å². The Balaban J connectivity index is -0.000000869. The Morgan fingerprint density at radius 1 is 0.704 bits per heavy atom. The summed E-state index contributed by atoms with van der Waals surface area (Å²) in [6, 6.07) is 9.00. The first-order valence-electron chi connectivity index (χ1n) is 10.7. The molecular formula is C27H48. The van der Waals surface area contributed by atoms with E-state index < -0.39 is 0 Å². The highest BCUT2D eigenvalue weighted by Gasteiger charge is 2.24. The molecule has 0 saturated heterocycles. The molecule has 0 unspecified atom stereocenters. The van der Waals surface area contributed by atoms with Crippen molar-refractivity contribution >= 4 is 0 Å². The Morgan fingerprint density at radius 3 is 1.37 bits per heavy atom. The van der Waals surface area contributed by atoms with Crippen LogP contribution in [0.4, 0.5) is 0 Å². The van der Waals surface area contributed by atoms with E-state index in [2.05, 4.69) is 91.5 Å². The van der Waals surface area contributed by atoms with E-state index >= 15 is 0 Å². The Bertz CT molecular complexity index is 539. The third-order valence-electron chi connectivity index (χ3n) is 4.01. The van der Waals surface area contributed by atoms with E-state index in [1.54, 1.807) is 0 Å². The molecule has 0 saturated carbocycles. The normalized spacial score (nSPS) is 10.8. The molecule has 1 aromatic carbocycles. The van der Waals surface area contributed by atoms with Gasteiger partial charge in [-0.3, -0.25) is 0 Å². The molecule has 0 heteroatoms. The lowest BCUT2D eigenvalue weighted by molar-refractivity contribution is 0.587. The van der Waals surface area contributed by atoms with Gasteiger partial charge >= 0.3 is 0 Å². The molecule has 0 aliphatic rings. The molecule has 1 aromatic rings. The first kappa shape index (κ1) is 30.2. The lowest BCUT2D eigenvalue weighted by Gasteiger charge is -2.28. The van der Waals surface area contributed by atoms with Crippen LogP contribution in [0, 0.1) is 0 Å². The number of benzene rings is 1. The Kier molecular flexibility index (Phi) is 17.3. The monoisotopic (exact) mass is 372 g/mol. The van der Waals surface area contributed by atoms with Gasteiger partial charge in [0, 0.05) is 5.41 Å². The standard InChI is InChI=1S/C21H30.3C2H6/c1-9-17(11-10-16(2)3)21(7,8)19-14-12-18(13-15-19)20(4,5)6;3*1-2/h9-15H,1H2,2-8H3;3*1-2H3/b17-11+;;;. The van der Waals surface area contributed by atoms with E-state index in [9.17, 15) is 0 Å². The van der Waals surface area contributed by atoms with Gasteiger partial charge in [-0.25, -0.2) is 0 Å². The second kappa shape index (κ2) is 15.5. The molecular weight excluding hydrogens is 324 g/mol. The predicted octanol–water partition coefficient (Wildman–Crippen LogP) is 9.42. The molecule has 0 bridgehead atoms. The molecule has 0 aromatic heterocycles. The molecule has 0 aliphatic heterocycles. The van der Waals surface area contributed by atoms with Crippen LogP contribution in [0.5, 0.6) is 0 Å². The van der Waals surface area contributed by atoms with Crippen LogP contribution in [0.3, 0.4) is 0 Å². The maximum absolute atomic E-state index is 3.99. The quantitative estimate of drug-likeness (QED) is 0.462. The van der Waals surface area contributed by atoms with E-state index in [1.165, 1.54) is 22.3 Å². The number of rotatable bonds is 4. The SMILES string of the molecule is C=C/C(=C\C=C(C)C)C(C)(C)c1ccc(C(C)(C)C)cc1.CC.CC.CC. The third kappa shape index (κ3) is 11.0. The Labute approximate surface area is 172 Å². The molecule has 1 rings (SSSR count). The minimum absolute atomic E-state index is 0.0376. The lowest BCUT2D eigenvalue weighted by atomic mass is 9.76. The minimum atomic E-state index is -0.0376. The van der Waals surface area contributed by atoms with Crippen LogP contribution >= 0.6 is 0 Å². The summed E-state index contributed by atoms with van der Waals surface area (Å²) in [4.78, 5) is 0. The van der Waals surface area contributed by atoms with E-state index in [0.717, 1.165) is 0 Å². The van der Waals surface area contributed by atoms with Crippen LogP contribution < -0.4 is 0 Å². The van der Waals surface area contributed by atoms with E-state index in [0.29, 0.717) is 0 Å². The molecule has 0 aliphatic carbocycles. The number of allylic oxidation sites excluding steroid dienone is 5. The van der Waals surface area contributed by atoms with Crippen LogP contribution in [-0.4, -0.2) is 0 Å². The highest BCUT2D eigenvalue weighted by Crippen LogP contribution is 2.33. The second-order valence-corrected chi connectivity index (χ2v) is 7.52. The van der Waals surface area contributed by atoms with E-state index in [4.69, 9.17) is 0 Å². The number of hydrogen-bond donors (Lipinski definition) is 0. The zero-order valence-corrected chi connectivity index (χ0v) is 20.7. The summed E-state index contributed by atoms with van der Waals surface area (Å²) in [5.74, 6) is 0. The van der Waals surface area contributed by atoms with Gasteiger partial charge in [0.15, 0.2) is 0 Å². The molecule has 156 valence electrons. The molecule has 27 heavy (non-hydrogen) atoms. The summed E-state index contributed by atoms with van der Waals surface area (Å²) in [5, 5.41) is 0. The van der Waals surface area contributed by atoms with E-state index in [1.807, 2.05) is 47.6 Å². The van der Waals surface area contributed by atoms with E-state index in [-0.39, 0.29) is 10.8 Å². The smallest absolute Gasteiger partial charge is 0.0146 e. The van der Waals surface area contributed by atoms with Gasteiger partial charge < -0.3 is 0 Å². The van der Waals surface area contributed by atoms with Gasteiger partial charge in [0.05, 0.1) is 0 Å². The molecule has 0 nitrogen and oxygen atoms in total. The predicted molar refractivity (Wildman–Crippen MR) is 130 cm³/mol. The average Bonchev–Trinajstić information content (AvgIpc) is 2.66. The summed E-state index contributed by atoms with van der Waals surface area (Å²) >= 11 is 0. The summed E-state index contributed by atoms with van der Waals surface area (Å²) in [6.07, 6.45) is 6.30. The van der Waals surface area contributed by atoms with Gasteiger partial charge in [0.2, 0.25) is 0 Å². The fourth-order valence-electron chi connectivity index (χ4n) is 2.34. The molecule has 0 N–H and O–H groups in total. The van der Waals surface area contributed by atoms with Gasteiger partial charge in [0.1, 0.15) is 0 Å². The summed E-state index contributed by atoms with van der Waals surface area (Å²) in [5.41, 5.74) is 5.39. The van der Waals surface area contributed by atoms with Crippen molar-refractivity contribution in [1.82, 2.24) is 0 Å². The van der Waals surface area contributed by atoms with Crippen LogP contribution in [0.25, 0.3) is 0 Å². The highest BCUT2D eigenvalue weighted by molar-refractivity contribution is 5.42. The third-order valence-corrected chi connectivity index (χ3v) is 4.01. The summed E-state index contributed by atoms with van der Waals surface area (Å²) in [7, 11) is 0. The van der Waals surface area contributed by atoms with Crippen LogP contribution in [0.1, 0.15) is 101 Å². The maximum atomic E-state index is 3.99. The number of hydrogen-bond acceptors (Lipinski definition) is 0. The van der Waals surface area contributed by atoms with Crippen molar-refractivity contribution in [2.24, 2.45) is 0 Å². The largest absolute Gasteiger partial charge is 0.0988 e. The van der Waals surface area contributed by atoms with Gasteiger partial charge in [-0.2, -0.15) is 0 Å². The topological polar surface area (TPSA) is 0 Å². The van der Waals surface area contributed by atoms with Crippen molar-refractivity contribution in [3.63, 3.8) is 0 Å². The van der Waals surface area contributed by atoms with Crippen LogP contribution in [0.15, 0.2) is 60.2 Å². The van der Waals surface area contributed by atoms with Crippen molar-refractivity contribution in [1.29, 1.82) is 0 Å². The molecule has 0 spiro atoms. The Hall–Kier alpha value is -1.56. The molecule has 0 atom stereocenters. The zero-order chi connectivity index (χ0) is 22.3. The molecule has 0 amide bonds. The fourth-order valence-corrected chi connectivity index (χ4v) is 2.34. The first-order valence-corrected chi connectivity index (χ1v) is 10.7. The average molecular weight is 373 g/mol. The van der Waals surface area contributed by atoms with Gasteiger partial charge in [-0.05, 0) is 36.0 Å². The van der Waals surface area contributed by atoms with Crippen molar-refractivity contribution in [2.45, 2.75) is 101 Å². The lowest BCUT2D eigenvalue weighted by Crippen LogP contribution is -2.20. The zero-order valence-electron chi connectivity index (χ0n) is 20.7. The van der Waals surface area contributed by atoms with Crippen molar-refractivity contribution in [3.8, 4) is 0 Å². The molecule has 0 radical (unpaired) electrons. The summed E-state index contributed by atoms with van der Waals surface area (Å²) < 4.78 is 0. The molecule has 0 heterocycles. The van der Waals surface area contributed by atoms with Gasteiger partial charge in [0.25, 0.3) is 0 Å². The Morgan fingerprint density at radius 2 is 1.07 bits per heavy atom. The van der Waals surface area contributed by atoms with Crippen molar-refractivity contribution < 1.29 is 0 Å². The van der Waals surface area contributed by atoms with Gasteiger partial charge in [-0.15, -0.1) is 0 Å². The summed E-state index contributed by atoms with van der Waals surface area (Å²) in [6.45, 7) is 31.5. The van der Waals surface area contributed by atoms with Crippen molar-refractivity contribution in [2.75, 3.05) is 0 Å². The highest BCUT2D eigenvalue weighted by atomic mass is 14.3.